The number of ether oxygens (including phenoxy) is 1. The molecule has 0 radical (unpaired) electrons. The number of hydrogen-bond donors (Lipinski definition) is 4. The van der Waals surface area contributed by atoms with E-state index in [0.717, 1.165) is 24.1 Å². The summed E-state index contributed by atoms with van der Waals surface area (Å²) in [5, 5.41) is 18.8. The van der Waals surface area contributed by atoms with Crippen molar-refractivity contribution in [3.05, 3.63) is 101 Å². The minimum atomic E-state index is -4.92. The van der Waals surface area contributed by atoms with E-state index < -0.39 is 18.2 Å². The van der Waals surface area contributed by atoms with Gasteiger partial charge in [-0.3, -0.25) is 9.99 Å². The Morgan fingerprint density at radius 1 is 1.12 bits per heavy atom. The Hall–Kier alpha value is -4.73. The minimum Gasteiger partial charge on any atom is -0.404 e. The Morgan fingerprint density at radius 2 is 1.88 bits per heavy atom. The van der Waals surface area contributed by atoms with E-state index >= 15 is 0 Å². The van der Waals surface area contributed by atoms with E-state index in [-0.39, 0.29) is 27.8 Å². The molecular formula is C29H22ClF4N7O. The Balaban J connectivity index is 1.41. The molecule has 1 aliphatic carbocycles. The van der Waals surface area contributed by atoms with Gasteiger partial charge in [0.25, 0.3) is 0 Å². The van der Waals surface area contributed by atoms with Crippen molar-refractivity contribution < 1.29 is 22.3 Å². The van der Waals surface area contributed by atoms with E-state index in [9.17, 15) is 22.8 Å². The molecule has 0 amide bonds. The number of hydrogen-bond acceptors (Lipinski definition) is 8. The summed E-state index contributed by atoms with van der Waals surface area (Å²) in [5.74, 6) is -0.847. The fourth-order valence-corrected chi connectivity index (χ4v) is 4.95. The highest BCUT2D eigenvalue weighted by Gasteiger charge is 2.33. The van der Waals surface area contributed by atoms with Crippen LogP contribution in [0.2, 0.25) is 5.02 Å². The molecule has 4 N–H and O–H groups in total. The summed E-state index contributed by atoms with van der Waals surface area (Å²) in [6.07, 6.45) is 0.451. The molecule has 13 heteroatoms. The van der Waals surface area contributed by atoms with E-state index in [1.54, 1.807) is 24.3 Å². The number of pyridine rings is 1. The predicted octanol–water partition coefficient (Wildman–Crippen LogP) is 7.02. The molecule has 42 heavy (non-hydrogen) atoms. The molecule has 0 saturated heterocycles. The van der Waals surface area contributed by atoms with Gasteiger partial charge >= 0.3 is 6.36 Å². The molecule has 1 aliphatic heterocycles. The smallest absolute Gasteiger partial charge is 0.404 e. The Morgan fingerprint density at radius 3 is 2.60 bits per heavy atom. The van der Waals surface area contributed by atoms with Gasteiger partial charge in [0.2, 0.25) is 0 Å². The van der Waals surface area contributed by atoms with Crippen molar-refractivity contribution in [2.24, 2.45) is 0 Å². The number of alkyl halides is 3. The zero-order chi connectivity index (χ0) is 29.4. The molecule has 2 heterocycles. The maximum atomic E-state index is 13.8. The van der Waals surface area contributed by atoms with Crippen LogP contribution in [0.5, 0.6) is 5.75 Å². The molecule has 214 valence electrons. The van der Waals surface area contributed by atoms with Gasteiger partial charge in [0.1, 0.15) is 11.9 Å². The lowest BCUT2D eigenvalue weighted by Crippen LogP contribution is -2.38. The van der Waals surface area contributed by atoms with Crippen LogP contribution in [-0.4, -0.2) is 22.4 Å². The lowest BCUT2D eigenvalue weighted by Gasteiger charge is -2.22. The summed E-state index contributed by atoms with van der Waals surface area (Å²) < 4.78 is 57.2. The van der Waals surface area contributed by atoms with Crippen LogP contribution < -0.4 is 26.3 Å². The maximum absolute atomic E-state index is 13.8. The summed E-state index contributed by atoms with van der Waals surface area (Å²) >= 11 is 6.65. The molecule has 0 bridgehead atoms. The highest BCUT2D eigenvalue weighted by atomic mass is 35.5. The van der Waals surface area contributed by atoms with Crippen LogP contribution in [0.4, 0.5) is 34.6 Å². The number of rotatable bonds is 8. The number of nitrogens with one attached hydrogen (secondary N) is 4. The quantitative estimate of drug-likeness (QED) is 0.161. The largest absolute Gasteiger partial charge is 0.573 e. The van der Waals surface area contributed by atoms with E-state index in [0.29, 0.717) is 22.6 Å². The lowest BCUT2D eigenvalue weighted by molar-refractivity contribution is -0.274. The summed E-state index contributed by atoms with van der Waals surface area (Å²) in [4.78, 5) is 4.32. The first-order valence-electron chi connectivity index (χ1n) is 12.9. The van der Waals surface area contributed by atoms with Gasteiger partial charge in [-0.1, -0.05) is 35.9 Å². The highest BCUT2D eigenvalue weighted by Crippen LogP contribution is 2.39. The third-order valence-corrected chi connectivity index (χ3v) is 7.08. The molecule has 0 spiro atoms. The average Bonchev–Trinajstić information content (AvgIpc) is 3.69. The van der Waals surface area contributed by atoms with Gasteiger partial charge in [-0.2, -0.15) is 5.26 Å². The van der Waals surface area contributed by atoms with Gasteiger partial charge in [-0.25, -0.2) is 4.39 Å². The molecule has 1 aromatic heterocycles. The predicted molar refractivity (Wildman–Crippen MR) is 150 cm³/mol. The van der Waals surface area contributed by atoms with Crippen molar-refractivity contribution in [3.8, 4) is 11.8 Å². The molecule has 8 nitrogen and oxygen atoms in total. The molecule has 1 atom stereocenters. The molecule has 3 aromatic carbocycles. The van der Waals surface area contributed by atoms with Crippen LogP contribution >= 0.6 is 11.6 Å². The summed E-state index contributed by atoms with van der Waals surface area (Å²) in [6, 6.07) is 16.9. The summed E-state index contributed by atoms with van der Waals surface area (Å²) in [7, 11) is 0. The number of fused-ring (bicyclic) bond motifs is 1. The van der Waals surface area contributed by atoms with Gasteiger partial charge in [0.15, 0.2) is 5.75 Å². The van der Waals surface area contributed by atoms with E-state index in [2.05, 4.69) is 31.3 Å². The fourth-order valence-electron chi connectivity index (χ4n) is 4.68. The standard InChI is InChI=1S/C29H22ClF4N7O/c30-22-12-19(37-27(16-5-7-18(31)8-6-16)24-15-41(40-39-24)20-9-10-20)11-21-26(17(13-35)14-36-28(21)22)38-23-3-1-2-4-25(23)42-29(32,33)34/h1-8,11-12,14-15,20,27,37,39-40H,9-10H2,(H,36,38). The van der Waals surface area contributed by atoms with Crippen molar-refractivity contribution in [2.45, 2.75) is 31.3 Å². The van der Waals surface area contributed by atoms with Crippen LogP contribution in [0.15, 0.2) is 78.8 Å². The molecule has 2 aliphatic rings. The summed E-state index contributed by atoms with van der Waals surface area (Å²) in [5.41, 5.74) is 8.95. The normalized spacial score (nSPS) is 15.5. The Labute approximate surface area is 242 Å². The molecule has 4 aromatic rings. The second kappa shape index (κ2) is 10.9. The topological polar surface area (TPSA) is 97.3 Å². The van der Waals surface area contributed by atoms with Crippen molar-refractivity contribution >= 4 is 39.6 Å². The Bertz CT molecular complexity index is 1720. The second-order valence-electron chi connectivity index (χ2n) is 9.77. The summed E-state index contributed by atoms with van der Waals surface area (Å²) in [6.45, 7) is 0. The number of halogens is 5. The van der Waals surface area contributed by atoms with Gasteiger partial charge < -0.3 is 20.8 Å². The maximum Gasteiger partial charge on any atom is 0.573 e. The van der Waals surface area contributed by atoms with Crippen LogP contribution in [0.25, 0.3) is 10.9 Å². The van der Waals surface area contributed by atoms with E-state index in [1.807, 2.05) is 17.3 Å². The number of benzene rings is 3. The molecular weight excluding hydrogens is 574 g/mol. The minimum absolute atomic E-state index is 0.0101. The van der Waals surface area contributed by atoms with Crippen LogP contribution in [0.3, 0.4) is 0 Å². The zero-order valence-electron chi connectivity index (χ0n) is 21.6. The molecule has 1 unspecified atom stereocenters. The monoisotopic (exact) mass is 595 g/mol. The molecule has 1 saturated carbocycles. The van der Waals surface area contributed by atoms with Crippen LogP contribution in [-0.2, 0) is 0 Å². The number of anilines is 3. The third-order valence-electron chi connectivity index (χ3n) is 6.79. The Kier molecular flexibility index (Phi) is 7.14. The fraction of sp³-hybridized carbons (Fsp3) is 0.172. The number of hydrazine groups is 2. The van der Waals surface area contributed by atoms with E-state index in [4.69, 9.17) is 11.6 Å². The first-order chi connectivity index (χ1) is 20.2. The van der Waals surface area contributed by atoms with Crippen molar-refractivity contribution in [2.75, 3.05) is 10.6 Å². The van der Waals surface area contributed by atoms with Gasteiger partial charge in [0, 0.05) is 29.5 Å². The van der Waals surface area contributed by atoms with Gasteiger partial charge in [-0.05, 0) is 54.8 Å². The number of aromatic nitrogens is 1. The molecule has 1 fully saturated rings. The third kappa shape index (κ3) is 5.83. The average molecular weight is 596 g/mol. The zero-order valence-corrected chi connectivity index (χ0v) is 22.4. The number of nitrogens with zero attached hydrogens (tertiary/aromatic N) is 3. The molecule has 6 rings (SSSR count). The van der Waals surface area contributed by atoms with Crippen LogP contribution in [0.1, 0.15) is 30.0 Å². The van der Waals surface area contributed by atoms with Crippen LogP contribution in [0, 0.1) is 17.1 Å². The van der Waals surface area contributed by atoms with Gasteiger partial charge in [-0.15, -0.1) is 18.7 Å². The number of nitriles is 1. The SMILES string of the molecule is N#Cc1cnc2c(Cl)cc(NC(C3=CN(C4CC4)NN3)c3ccc(F)cc3)cc2c1Nc1ccccc1OC(F)(F)F. The highest BCUT2D eigenvalue weighted by molar-refractivity contribution is 6.36. The first kappa shape index (κ1) is 27.4. The van der Waals surface area contributed by atoms with Gasteiger partial charge in [0.05, 0.1) is 39.2 Å². The van der Waals surface area contributed by atoms with Crippen molar-refractivity contribution in [1.29, 1.82) is 5.26 Å². The first-order valence-corrected chi connectivity index (χ1v) is 13.2. The lowest BCUT2D eigenvalue weighted by atomic mass is 10.0. The second-order valence-corrected chi connectivity index (χ2v) is 10.2. The van der Waals surface area contributed by atoms with Crippen molar-refractivity contribution in [3.63, 3.8) is 0 Å². The van der Waals surface area contributed by atoms with Crippen molar-refractivity contribution in [1.82, 2.24) is 21.0 Å². The number of para-hydroxylation sites is 2. The van der Waals surface area contributed by atoms with E-state index in [1.165, 1.54) is 42.6 Å².